The number of hydrogen-bond acceptors (Lipinski definition) is 7. The molecule has 0 spiro atoms. The lowest BCUT2D eigenvalue weighted by Gasteiger charge is -2.19. The van der Waals surface area contributed by atoms with Gasteiger partial charge in [0.15, 0.2) is 17.3 Å². The minimum Gasteiger partial charge on any atom is -0.491 e. The molecule has 2 aliphatic rings. The van der Waals surface area contributed by atoms with Gasteiger partial charge in [0.05, 0.1) is 25.6 Å². The van der Waals surface area contributed by atoms with Crippen LogP contribution >= 0.6 is 7.82 Å². The van der Waals surface area contributed by atoms with Crippen molar-refractivity contribution in [1.82, 2.24) is 4.98 Å². The average molecular weight is 411 g/mol. The van der Waals surface area contributed by atoms with E-state index in [0.29, 0.717) is 30.0 Å². The quantitative estimate of drug-likeness (QED) is 0.555. The summed E-state index contributed by atoms with van der Waals surface area (Å²) in [5.41, 5.74) is 0.525. The fraction of sp³-hybridized carbons (Fsp3) is 0.579. The van der Waals surface area contributed by atoms with Crippen molar-refractivity contribution < 1.29 is 32.8 Å². The molecule has 2 atom stereocenters. The van der Waals surface area contributed by atoms with Crippen LogP contribution in [0.1, 0.15) is 50.6 Å². The number of nitrogens with zero attached hydrogens (tertiary/aromatic N) is 1. The van der Waals surface area contributed by atoms with E-state index in [1.807, 2.05) is 0 Å². The molecule has 2 heterocycles. The van der Waals surface area contributed by atoms with Crippen molar-refractivity contribution in [2.45, 2.75) is 51.2 Å². The number of carbonyl (C=O) groups is 1. The maximum Gasteiger partial charge on any atom is 0.475 e. The van der Waals surface area contributed by atoms with Crippen LogP contribution < -0.4 is 9.47 Å². The number of hydrogen-bond donors (Lipinski definition) is 1. The first kappa shape index (κ1) is 21.0. The van der Waals surface area contributed by atoms with Crippen LogP contribution in [0.2, 0.25) is 0 Å². The zero-order valence-corrected chi connectivity index (χ0v) is 16.8. The molecule has 1 saturated heterocycles. The first-order valence-electron chi connectivity index (χ1n) is 9.55. The van der Waals surface area contributed by atoms with E-state index < -0.39 is 14.1 Å². The van der Waals surface area contributed by atoms with Crippen molar-refractivity contribution in [1.29, 1.82) is 0 Å². The van der Waals surface area contributed by atoms with Gasteiger partial charge in [-0.1, -0.05) is 19.3 Å². The van der Waals surface area contributed by atoms with E-state index in [1.54, 1.807) is 18.2 Å². The van der Waals surface area contributed by atoms with Crippen molar-refractivity contribution in [2.24, 2.45) is 5.92 Å². The molecule has 1 saturated carbocycles. The molecule has 0 amide bonds. The highest BCUT2D eigenvalue weighted by Crippen LogP contribution is 2.47. The Morgan fingerprint density at radius 2 is 2.04 bits per heavy atom. The van der Waals surface area contributed by atoms with E-state index in [2.05, 4.69) is 4.98 Å². The van der Waals surface area contributed by atoms with Crippen LogP contribution in [0.15, 0.2) is 18.3 Å². The molecule has 2 unspecified atom stereocenters. The van der Waals surface area contributed by atoms with Crippen LogP contribution in [0.25, 0.3) is 6.08 Å². The monoisotopic (exact) mass is 411 g/mol. The van der Waals surface area contributed by atoms with Gasteiger partial charge in [0.2, 0.25) is 6.29 Å². The summed E-state index contributed by atoms with van der Waals surface area (Å²) in [4.78, 5) is 26.2. The van der Waals surface area contributed by atoms with E-state index in [9.17, 15) is 14.3 Å². The zero-order chi connectivity index (χ0) is 20.0. The minimum atomic E-state index is -4.14. The lowest BCUT2D eigenvalue weighted by atomic mass is 9.86. The largest absolute Gasteiger partial charge is 0.491 e. The van der Waals surface area contributed by atoms with Crippen molar-refractivity contribution in [3.05, 3.63) is 24.0 Å². The molecule has 0 aromatic carbocycles. The van der Waals surface area contributed by atoms with E-state index in [-0.39, 0.29) is 18.3 Å². The summed E-state index contributed by atoms with van der Waals surface area (Å²) < 4.78 is 32.5. The van der Waals surface area contributed by atoms with Crippen molar-refractivity contribution in [2.75, 3.05) is 13.7 Å². The Kier molecular flexibility index (Phi) is 7.24. The molecule has 2 fully saturated rings. The van der Waals surface area contributed by atoms with Gasteiger partial charge >= 0.3 is 7.82 Å². The minimum absolute atomic E-state index is 0.0945. The van der Waals surface area contributed by atoms with Gasteiger partial charge in [-0.15, -0.1) is 0 Å². The first-order valence-corrected chi connectivity index (χ1v) is 11.0. The van der Waals surface area contributed by atoms with Gasteiger partial charge in [-0.3, -0.25) is 14.3 Å². The Hall–Kier alpha value is -1.73. The highest BCUT2D eigenvalue weighted by molar-refractivity contribution is 7.47. The second kappa shape index (κ2) is 9.65. The second-order valence-electron chi connectivity index (χ2n) is 6.93. The Morgan fingerprint density at radius 1 is 1.25 bits per heavy atom. The summed E-state index contributed by atoms with van der Waals surface area (Å²) in [6.07, 6.45) is 9.93. The van der Waals surface area contributed by atoms with E-state index in [0.717, 1.165) is 25.7 Å². The number of pyridine rings is 1. The van der Waals surface area contributed by atoms with Crippen LogP contribution in [0.3, 0.4) is 0 Å². The number of ether oxygens (including phenoxy) is 2. The molecule has 28 heavy (non-hydrogen) atoms. The van der Waals surface area contributed by atoms with Gasteiger partial charge in [0.25, 0.3) is 0 Å². The number of phosphoric acid groups is 1. The maximum absolute atomic E-state index is 12.3. The SMILES string of the molecule is COc1cnc(C=CC(=O)C2CCCCC2)cc1OC1CCCOP(=O)(O)O1. The summed E-state index contributed by atoms with van der Waals surface area (Å²) in [5, 5.41) is 0. The fourth-order valence-corrected chi connectivity index (χ4v) is 4.22. The summed E-state index contributed by atoms with van der Waals surface area (Å²) in [7, 11) is -2.67. The van der Waals surface area contributed by atoms with Crippen LogP contribution in [0.4, 0.5) is 0 Å². The predicted octanol–water partition coefficient (Wildman–Crippen LogP) is 3.89. The van der Waals surface area contributed by atoms with Gasteiger partial charge in [-0.05, 0) is 31.4 Å². The Morgan fingerprint density at radius 3 is 2.79 bits per heavy atom. The first-order chi connectivity index (χ1) is 13.5. The lowest BCUT2D eigenvalue weighted by Crippen LogP contribution is -2.18. The predicted molar refractivity (Wildman–Crippen MR) is 102 cm³/mol. The summed E-state index contributed by atoms with van der Waals surface area (Å²) in [6.45, 7) is 0.123. The zero-order valence-electron chi connectivity index (χ0n) is 15.9. The van der Waals surface area contributed by atoms with Gasteiger partial charge in [-0.25, -0.2) is 9.09 Å². The fourth-order valence-electron chi connectivity index (χ4n) is 3.35. The van der Waals surface area contributed by atoms with Crippen LogP contribution in [-0.4, -0.2) is 35.7 Å². The molecule has 1 aliphatic heterocycles. The normalized spacial score (nSPS) is 26.7. The Balaban J connectivity index is 1.71. The number of ketones is 1. The summed E-state index contributed by atoms with van der Waals surface area (Å²) >= 11 is 0. The number of methoxy groups -OCH3 is 1. The number of allylic oxidation sites excluding steroid dienone is 1. The molecular weight excluding hydrogens is 385 g/mol. The molecule has 0 bridgehead atoms. The Bertz CT molecular complexity index is 761. The van der Waals surface area contributed by atoms with E-state index in [1.165, 1.54) is 19.7 Å². The van der Waals surface area contributed by atoms with Crippen LogP contribution in [0.5, 0.6) is 11.5 Å². The number of aromatic nitrogens is 1. The third kappa shape index (κ3) is 5.88. The van der Waals surface area contributed by atoms with Crippen LogP contribution in [-0.2, 0) is 18.4 Å². The van der Waals surface area contributed by atoms with Gasteiger partial charge in [0.1, 0.15) is 0 Å². The summed E-state index contributed by atoms with van der Waals surface area (Å²) in [6, 6.07) is 1.61. The van der Waals surface area contributed by atoms with E-state index in [4.69, 9.17) is 18.5 Å². The molecule has 0 radical (unpaired) electrons. The highest BCUT2D eigenvalue weighted by Gasteiger charge is 2.31. The third-order valence-corrected chi connectivity index (χ3v) is 5.86. The standard InChI is InChI=1S/C19H26NO7P/c1-24-18-13-20-15(9-10-16(21)14-6-3-2-4-7-14)12-17(18)26-19-8-5-11-25-28(22,23)27-19/h9-10,12-14,19H,2-8,11H2,1H3,(H,22,23). The maximum atomic E-state index is 12.3. The Labute approximate surface area is 164 Å². The molecule has 3 rings (SSSR count). The van der Waals surface area contributed by atoms with Gasteiger partial charge in [-0.2, -0.15) is 0 Å². The summed E-state index contributed by atoms with van der Waals surface area (Å²) in [5.74, 6) is 0.883. The third-order valence-electron chi connectivity index (χ3n) is 4.85. The molecule has 1 N–H and O–H groups in total. The molecular formula is C19H26NO7P. The van der Waals surface area contributed by atoms with E-state index >= 15 is 0 Å². The van der Waals surface area contributed by atoms with Crippen molar-refractivity contribution in [3.63, 3.8) is 0 Å². The van der Waals surface area contributed by atoms with Crippen molar-refractivity contribution in [3.8, 4) is 11.5 Å². The average Bonchev–Trinajstić information content (AvgIpc) is 2.86. The molecule has 1 aliphatic carbocycles. The lowest BCUT2D eigenvalue weighted by molar-refractivity contribution is -0.119. The number of carbonyl (C=O) groups excluding carboxylic acids is 1. The number of phosphoric ester groups is 1. The topological polar surface area (TPSA) is 104 Å². The molecule has 8 nitrogen and oxygen atoms in total. The van der Waals surface area contributed by atoms with Crippen LogP contribution in [0, 0.1) is 5.92 Å². The van der Waals surface area contributed by atoms with Crippen molar-refractivity contribution >= 4 is 19.7 Å². The number of rotatable bonds is 6. The molecule has 9 heteroatoms. The second-order valence-corrected chi connectivity index (χ2v) is 8.33. The van der Waals surface area contributed by atoms with Gasteiger partial charge in [0, 0.05) is 18.4 Å². The highest BCUT2D eigenvalue weighted by atomic mass is 31.2. The molecule has 1 aromatic rings. The molecule has 1 aromatic heterocycles. The smallest absolute Gasteiger partial charge is 0.475 e. The molecule has 154 valence electrons. The van der Waals surface area contributed by atoms with Gasteiger partial charge < -0.3 is 14.4 Å².